The first-order chi connectivity index (χ1) is 13.5. The first kappa shape index (κ1) is 18.9. The molecule has 3 fully saturated rings. The van der Waals surface area contributed by atoms with Crippen LogP contribution in [-0.2, 0) is 9.53 Å². The van der Waals surface area contributed by atoms with Crippen LogP contribution in [0, 0.1) is 11.7 Å². The Labute approximate surface area is 162 Å². The lowest BCUT2D eigenvalue weighted by molar-refractivity contribution is -0.119. The molecule has 0 aromatic heterocycles. The highest BCUT2D eigenvalue weighted by Crippen LogP contribution is 2.36. The fourth-order valence-electron chi connectivity index (χ4n) is 4.32. The lowest BCUT2D eigenvalue weighted by Gasteiger charge is -2.42. The van der Waals surface area contributed by atoms with E-state index in [-0.39, 0.29) is 31.7 Å². The van der Waals surface area contributed by atoms with Gasteiger partial charge in [0.25, 0.3) is 0 Å². The van der Waals surface area contributed by atoms with E-state index in [1.54, 1.807) is 12.1 Å². The fraction of sp³-hybridized carbons (Fsp3) is 0.579. The van der Waals surface area contributed by atoms with Crippen molar-refractivity contribution in [2.75, 3.05) is 55.7 Å². The van der Waals surface area contributed by atoms with Crippen LogP contribution < -0.4 is 15.1 Å². The Hall–Kier alpha value is -2.42. The summed E-state index contributed by atoms with van der Waals surface area (Å²) in [5.74, 6) is -0.141. The van der Waals surface area contributed by atoms with Gasteiger partial charge in [0.2, 0.25) is 5.91 Å². The van der Waals surface area contributed by atoms with Crippen LogP contribution in [0.3, 0.4) is 0 Å². The van der Waals surface area contributed by atoms with Crippen LogP contribution in [0.2, 0.25) is 0 Å². The second kappa shape index (κ2) is 7.54. The minimum Gasteiger partial charge on any atom is -0.442 e. The van der Waals surface area contributed by atoms with Gasteiger partial charge in [-0.3, -0.25) is 14.6 Å². The number of anilines is 2. The third kappa shape index (κ3) is 3.50. The number of alkyl halides is 1. The summed E-state index contributed by atoms with van der Waals surface area (Å²) in [6.07, 6.45) is -1.02. The standard InChI is InChI=1S/C19H24F2N4O3/c1-12(26)22-7-15-10-25(19(27)28-15)14-2-3-17(16(21)6-14)24-9-13-8-23(5-4-20)18(13)11-24/h2-3,6,13,15,18H,4-5,7-11H2,1H3,(H,22,26). The Balaban J connectivity index is 1.41. The number of cyclic esters (lactones) is 1. The molecule has 3 aliphatic heterocycles. The molecule has 9 heteroatoms. The molecule has 3 aliphatic rings. The zero-order valence-electron chi connectivity index (χ0n) is 15.7. The predicted octanol–water partition coefficient (Wildman–Crippen LogP) is 1.38. The molecule has 0 aliphatic carbocycles. The zero-order valence-corrected chi connectivity index (χ0v) is 15.7. The van der Waals surface area contributed by atoms with Gasteiger partial charge in [-0.2, -0.15) is 0 Å². The van der Waals surface area contributed by atoms with Crippen molar-refractivity contribution in [3.63, 3.8) is 0 Å². The van der Waals surface area contributed by atoms with Gasteiger partial charge in [-0.05, 0) is 18.2 Å². The predicted molar refractivity (Wildman–Crippen MR) is 99.7 cm³/mol. The number of carbonyl (C=O) groups is 2. The average molecular weight is 394 g/mol. The second-order valence-electron chi connectivity index (χ2n) is 7.61. The molecule has 4 rings (SSSR count). The largest absolute Gasteiger partial charge is 0.442 e. The quantitative estimate of drug-likeness (QED) is 0.790. The lowest BCUT2D eigenvalue weighted by Crippen LogP contribution is -2.56. The Morgan fingerprint density at radius 2 is 2.11 bits per heavy atom. The summed E-state index contributed by atoms with van der Waals surface area (Å²) in [4.78, 5) is 28.6. The zero-order chi connectivity index (χ0) is 19.8. The summed E-state index contributed by atoms with van der Waals surface area (Å²) in [5.41, 5.74) is 0.929. The molecule has 3 unspecified atom stereocenters. The molecule has 1 N–H and O–H groups in total. The normalized spacial score (nSPS) is 26.8. The number of carbonyl (C=O) groups excluding carboxylic acids is 2. The first-order valence-corrected chi connectivity index (χ1v) is 9.53. The Morgan fingerprint density at radius 1 is 1.29 bits per heavy atom. The number of ether oxygens (including phenoxy) is 1. The van der Waals surface area contributed by atoms with E-state index >= 15 is 0 Å². The third-order valence-corrected chi connectivity index (χ3v) is 5.75. The number of amides is 2. The fourth-order valence-corrected chi connectivity index (χ4v) is 4.32. The SMILES string of the molecule is CC(=O)NCC1CN(c2ccc(N3CC4CN(CCF)C4C3)c(F)c2)C(=O)O1. The van der Waals surface area contributed by atoms with E-state index in [0.29, 0.717) is 30.4 Å². The molecule has 3 saturated heterocycles. The minimum atomic E-state index is -0.552. The van der Waals surface area contributed by atoms with Gasteiger partial charge in [0.1, 0.15) is 18.6 Å². The van der Waals surface area contributed by atoms with Crippen molar-refractivity contribution >= 4 is 23.4 Å². The van der Waals surface area contributed by atoms with Crippen molar-refractivity contribution in [3.8, 4) is 0 Å². The Morgan fingerprint density at radius 3 is 2.82 bits per heavy atom. The molecule has 0 radical (unpaired) electrons. The number of hydrogen-bond acceptors (Lipinski definition) is 5. The molecular weight excluding hydrogens is 370 g/mol. The smallest absolute Gasteiger partial charge is 0.414 e. The van der Waals surface area contributed by atoms with Gasteiger partial charge in [-0.1, -0.05) is 0 Å². The van der Waals surface area contributed by atoms with E-state index in [2.05, 4.69) is 10.2 Å². The van der Waals surface area contributed by atoms with E-state index < -0.39 is 18.0 Å². The van der Waals surface area contributed by atoms with Crippen LogP contribution in [0.15, 0.2) is 18.2 Å². The average Bonchev–Trinajstić information content (AvgIpc) is 3.18. The van der Waals surface area contributed by atoms with Crippen molar-refractivity contribution in [1.29, 1.82) is 0 Å². The molecular formula is C19H24F2N4O3. The van der Waals surface area contributed by atoms with Crippen molar-refractivity contribution < 1.29 is 23.1 Å². The lowest BCUT2D eigenvalue weighted by atomic mass is 9.92. The molecule has 7 nitrogen and oxygen atoms in total. The van der Waals surface area contributed by atoms with E-state index in [4.69, 9.17) is 4.74 Å². The summed E-state index contributed by atoms with van der Waals surface area (Å²) in [6.45, 7) is 4.26. The van der Waals surface area contributed by atoms with Crippen molar-refractivity contribution in [2.45, 2.75) is 19.1 Å². The first-order valence-electron chi connectivity index (χ1n) is 9.53. The maximum Gasteiger partial charge on any atom is 0.414 e. The summed E-state index contributed by atoms with van der Waals surface area (Å²) in [5, 5.41) is 2.61. The number of likely N-dealkylation sites (tertiary alicyclic amines) is 1. The van der Waals surface area contributed by atoms with Gasteiger partial charge in [-0.25, -0.2) is 13.6 Å². The minimum absolute atomic E-state index is 0.199. The molecule has 3 atom stereocenters. The topological polar surface area (TPSA) is 65.1 Å². The molecule has 3 heterocycles. The van der Waals surface area contributed by atoms with E-state index in [9.17, 15) is 18.4 Å². The number of halogens is 2. The van der Waals surface area contributed by atoms with Crippen LogP contribution in [-0.4, -0.2) is 75.0 Å². The van der Waals surface area contributed by atoms with Gasteiger partial charge < -0.3 is 15.0 Å². The number of rotatable bonds is 6. The second-order valence-corrected chi connectivity index (χ2v) is 7.61. The van der Waals surface area contributed by atoms with Crippen molar-refractivity contribution in [2.24, 2.45) is 5.92 Å². The van der Waals surface area contributed by atoms with Crippen molar-refractivity contribution in [3.05, 3.63) is 24.0 Å². The van der Waals surface area contributed by atoms with Crippen LogP contribution in [0.5, 0.6) is 0 Å². The number of fused-ring (bicyclic) bond motifs is 1. The molecule has 0 saturated carbocycles. The van der Waals surface area contributed by atoms with Crippen LogP contribution >= 0.6 is 0 Å². The number of benzene rings is 1. The summed E-state index contributed by atoms with van der Waals surface area (Å²) >= 11 is 0. The summed E-state index contributed by atoms with van der Waals surface area (Å²) in [6, 6.07) is 5.03. The third-order valence-electron chi connectivity index (χ3n) is 5.75. The highest BCUT2D eigenvalue weighted by Gasteiger charge is 2.45. The van der Waals surface area contributed by atoms with E-state index in [1.165, 1.54) is 17.9 Å². The van der Waals surface area contributed by atoms with E-state index in [0.717, 1.165) is 13.1 Å². The summed E-state index contributed by atoms with van der Waals surface area (Å²) < 4.78 is 32.6. The molecule has 0 bridgehead atoms. The van der Waals surface area contributed by atoms with Crippen LogP contribution in [0.1, 0.15) is 6.92 Å². The molecule has 1 aromatic rings. The number of nitrogens with one attached hydrogen (secondary N) is 1. The van der Waals surface area contributed by atoms with Crippen LogP contribution in [0.25, 0.3) is 0 Å². The maximum absolute atomic E-state index is 14.8. The van der Waals surface area contributed by atoms with Gasteiger partial charge in [0.05, 0.1) is 24.5 Å². The highest BCUT2D eigenvalue weighted by atomic mass is 19.1. The Bertz CT molecular complexity index is 778. The molecule has 152 valence electrons. The van der Waals surface area contributed by atoms with Gasteiger partial charge in [-0.15, -0.1) is 0 Å². The molecule has 1 aromatic carbocycles. The number of hydrogen-bond donors (Lipinski definition) is 1. The van der Waals surface area contributed by atoms with Gasteiger partial charge in [0, 0.05) is 45.1 Å². The maximum atomic E-state index is 14.8. The van der Waals surface area contributed by atoms with Crippen molar-refractivity contribution in [1.82, 2.24) is 10.2 Å². The summed E-state index contributed by atoms with van der Waals surface area (Å²) in [7, 11) is 0. The molecule has 0 spiro atoms. The Kier molecular flexibility index (Phi) is 5.09. The van der Waals surface area contributed by atoms with Gasteiger partial charge >= 0.3 is 6.09 Å². The molecule has 28 heavy (non-hydrogen) atoms. The monoisotopic (exact) mass is 394 g/mol. The van der Waals surface area contributed by atoms with Gasteiger partial charge in [0.15, 0.2) is 0 Å². The highest BCUT2D eigenvalue weighted by molar-refractivity contribution is 5.90. The van der Waals surface area contributed by atoms with E-state index in [1.807, 2.05) is 4.90 Å². The molecule has 2 amide bonds. The number of nitrogens with zero attached hydrogens (tertiary/aromatic N) is 3. The van der Waals surface area contributed by atoms with Crippen LogP contribution in [0.4, 0.5) is 25.0 Å².